The van der Waals surface area contributed by atoms with E-state index < -0.39 is 0 Å². The topological polar surface area (TPSA) is 82.2 Å². The normalized spacial score (nSPS) is 10.9. The van der Waals surface area contributed by atoms with Crippen LogP contribution >= 0.6 is 0 Å². The maximum Gasteiger partial charge on any atom is 0.204 e. The molecule has 1 heterocycles. The lowest BCUT2D eigenvalue weighted by molar-refractivity contribution is -0.152. The molecule has 2 aromatic rings. The number of aromatic nitrogens is 4. The van der Waals surface area contributed by atoms with E-state index in [1.807, 2.05) is 38.1 Å². The van der Waals surface area contributed by atoms with Crippen LogP contribution in [0.2, 0.25) is 0 Å². The second kappa shape index (κ2) is 7.56. The van der Waals surface area contributed by atoms with Crippen LogP contribution < -0.4 is 4.74 Å². The molecule has 0 atom stereocenters. The van der Waals surface area contributed by atoms with E-state index in [1.54, 1.807) is 0 Å². The van der Waals surface area contributed by atoms with Gasteiger partial charge in [-0.3, -0.25) is 0 Å². The molecule has 0 saturated carbocycles. The van der Waals surface area contributed by atoms with Gasteiger partial charge in [-0.05, 0) is 43.3 Å². The molecule has 1 aromatic carbocycles. The molecule has 0 bridgehead atoms. The van der Waals surface area contributed by atoms with Crippen molar-refractivity contribution in [2.75, 3.05) is 19.8 Å². The van der Waals surface area contributed by atoms with Crippen molar-refractivity contribution in [2.24, 2.45) is 0 Å². The molecule has 0 radical (unpaired) electrons. The van der Waals surface area contributed by atoms with Crippen molar-refractivity contribution in [1.29, 1.82) is 0 Å². The molecule has 7 nitrogen and oxygen atoms in total. The van der Waals surface area contributed by atoms with Crippen LogP contribution in [0.5, 0.6) is 5.75 Å². The summed E-state index contributed by atoms with van der Waals surface area (Å²) in [4.78, 5) is 0. The Bertz CT molecular complexity index is 481. The zero-order valence-electron chi connectivity index (χ0n) is 11.6. The highest BCUT2D eigenvalue weighted by molar-refractivity contribution is 5.54. The summed E-state index contributed by atoms with van der Waals surface area (Å²) in [5.74, 6) is 1.29. The molecule has 0 aliphatic carbocycles. The first-order valence-electron chi connectivity index (χ1n) is 6.53. The number of nitrogens with one attached hydrogen (secondary N) is 1. The van der Waals surface area contributed by atoms with Gasteiger partial charge in [-0.25, -0.2) is 0 Å². The predicted octanol–water partition coefficient (Wildman–Crippen LogP) is 1.64. The largest absolute Gasteiger partial charge is 0.488 e. The Kier molecular flexibility index (Phi) is 5.45. The third-order valence-corrected chi connectivity index (χ3v) is 2.55. The van der Waals surface area contributed by atoms with Gasteiger partial charge in [0.25, 0.3) is 0 Å². The predicted molar refractivity (Wildman–Crippen MR) is 72.1 cm³/mol. The Hall–Kier alpha value is -1.99. The van der Waals surface area contributed by atoms with Gasteiger partial charge in [-0.15, -0.1) is 10.2 Å². The number of benzene rings is 1. The van der Waals surface area contributed by atoms with Gasteiger partial charge in [-0.1, -0.05) is 0 Å². The van der Waals surface area contributed by atoms with Crippen molar-refractivity contribution in [1.82, 2.24) is 20.6 Å². The monoisotopic (exact) mass is 278 g/mol. The van der Waals surface area contributed by atoms with Crippen molar-refractivity contribution in [3.8, 4) is 17.1 Å². The zero-order valence-corrected chi connectivity index (χ0v) is 11.6. The Balaban J connectivity index is 1.90. The van der Waals surface area contributed by atoms with E-state index in [4.69, 9.17) is 14.2 Å². The number of H-pyrrole nitrogens is 1. The van der Waals surface area contributed by atoms with Crippen LogP contribution in [0.25, 0.3) is 11.4 Å². The molecule has 1 aromatic heterocycles. The maximum absolute atomic E-state index is 5.63. The minimum Gasteiger partial charge on any atom is -0.488 e. The quantitative estimate of drug-likeness (QED) is 0.739. The first kappa shape index (κ1) is 14.4. The fraction of sp³-hybridized carbons (Fsp3) is 0.462. The molecular formula is C13H18N4O3. The first-order chi connectivity index (χ1) is 9.83. The van der Waals surface area contributed by atoms with E-state index in [9.17, 15) is 0 Å². The van der Waals surface area contributed by atoms with Gasteiger partial charge in [0.1, 0.15) is 12.4 Å². The molecule has 0 aliphatic rings. The van der Waals surface area contributed by atoms with Crippen LogP contribution in [0.1, 0.15) is 13.8 Å². The van der Waals surface area contributed by atoms with Crippen molar-refractivity contribution in [2.45, 2.75) is 20.1 Å². The number of hydrogen-bond donors (Lipinski definition) is 1. The highest BCUT2D eigenvalue weighted by Crippen LogP contribution is 2.18. The standard InChI is InChI=1S/C13H18N4O3/c1-3-18-12(19-4-2)9-20-11-7-5-10(6-8-11)13-14-16-17-15-13/h5-8,12H,3-4,9H2,1-2H3,(H,14,15,16,17). The molecule has 108 valence electrons. The van der Waals surface area contributed by atoms with E-state index in [2.05, 4.69) is 20.6 Å². The average molecular weight is 278 g/mol. The first-order valence-corrected chi connectivity index (χ1v) is 6.53. The second-order valence-electron chi connectivity index (χ2n) is 3.91. The third-order valence-electron chi connectivity index (χ3n) is 2.55. The molecule has 0 saturated heterocycles. The number of hydrogen-bond acceptors (Lipinski definition) is 6. The summed E-state index contributed by atoms with van der Waals surface area (Å²) in [5, 5.41) is 13.8. The van der Waals surface area contributed by atoms with E-state index >= 15 is 0 Å². The number of ether oxygens (including phenoxy) is 3. The SMILES string of the molecule is CCOC(COc1ccc(-c2nn[nH]n2)cc1)OCC. The van der Waals surface area contributed by atoms with Crippen molar-refractivity contribution in [3.63, 3.8) is 0 Å². The van der Waals surface area contributed by atoms with E-state index in [0.29, 0.717) is 25.6 Å². The highest BCUT2D eigenvalue weighted by atomic mass is 16.7. The van der Waals surface area contributed by atoms with Gasteiger partial charge in [-0.2, -0.15) is 5.21 Å². The van der Waals surface area contributed by atoms with E-state index in [-0.39, 0.29) is 6.29 Å². The van der Waals surface area contributed by atoms with Crippen LogP contribution in [-0.2, 0) is 9.47 Å². The maximum atomic E-state index is 5.63. The molecule has 7 heteroatoms. The lowest BCUT2D eigenvalue weighted by Crippen LogP contribution is -2.25. The number of rotatable bonds is 8. The van der Waals surface area contributed by atoms with E-state index in [0.717, 1.165) is 11.3 Å². The average Bonchev–Trinajstić information content (AvgIpc) is 3.00. The smallest absolute Gasteiger partial charge is 0.204 e. The lowest BCUT2D eigenvalue weighted by atomic mass is 10.2. The fourth-order valence-corrected chi connectivity index (χ4v) is 1.66. The van der Waals surface area contributed by atoms with E-state index in [1.165, 1.54) is 0 Å². The molecule has 1 N–H and O–H groups in total. The van der Waals surface area contributed by atoms with Gasteiger partial charge in [0, 0.05) is 18.8 Å². The minimum absolute atomic E-state index is 0.345. The third kappa shape index (κ3) is 4.01. The lowest BCUT2D eigenvalue weighted by Gasteiger charge is -2.17. The Morgan fingerprint density at radius 1 is 1.10 bits per heavy atom. The second-order valence-corrected chi connectivity index (χ2v) is 3.91. The van der Waals surface area contributed by atoms with Gasteiger partial charge < -0.3 is 14.2 Å². The zero-order chi connectivity index (χ0) is 14.2. The molecular weight excluding hydrogens is 260 g/mol. The van der Waals surface area contributed by atoms with Gasteiger partial charge >= 0.3 is 0 Å². The summed E-state index contributed by atoms with van der Waals surface area (Å²) >= 11 is 0. The molecule has 0 amide bonds. The molecule has 0 unspecified atom stereocenters. The van der Waals surface area contributed by atoms with Crippen LogP contribution in [0.4, 0.5) is 0 Å². The van der Waals surface area contributed by atoms with Crippen LogP contribution in [-0.4, -0.2) is 46.7 Å². The van der Waals surface area contributed by atoms with Crippen molar-refractivity contribution >= 4 is 0 Å². The van der Waals surface area contributed by atoms with Crippen LogP contribution in [0.15, 0.2) is 24.3 Å². The molecule has 2 rings (SSSR count). The summed E-state index contributed by atoms with van der Waals surface area (Å²) < 4.78 is 16.4. The minimum atomic E-state index is -0.345. The fourth-order valence-electron chi connectivity index (χ4n) is 1.66. The summed E-state index contributed by atoms with van der Waals surface area (Å²) in [5.41, 5.74) is 0.872. The Morgan fingerprint density at radius 3 is 2.35 bits per heavy atom. The summed E-state index contributed by atoms with van der Waals surface area (Å²) in [6.07, 6.45) is -0.345. The number of nitrogens with zero attached hydrogens (tertiary/aromatic N) is 3. The van der Waals surface area contributed by atoms with Crippen LogP contribution in [0.3, 0.4) is 0 Å². The van der Waals surface area contributed by atoms with Crippen LogP contribution in [0, 0.1) is 0 Å². The molecule has 20 heavy (non-hydrogen) atoms. The summed E-state index contributed by atoms with van der Waals surface area (Å²) in [7, 11) is 0. The van der Waals surface area contributed by atoms with Crippen molar-refractivity contribution in [3.05, 3.63) is 24.3 Å². The number of tetrazole rings is 1. The Morgan fingerprint density at radius 2 is 1.80 bits per heavy atom. The van der Waals surface area contributed by atoms with Gasteiger partial charge in [0.15, 0.2) is 6.29 Å². The molecule has 0 aliphatic heterocycles. The van der Waals surface area contributed by atoms with Gasteiger partial charge in [0.05, 0.1) is 0 Å². The summed E-state index contributed by atoms with van der Waals surface area (Å²) in [6, 6.07) is 7.44. The summed E-state index contributed by atoms with van der Waals surface area (Å²) in [6.45, 7) is 5.37. The number of aromatic amines is 1. The Labute approximate surface area is 117 Å². The highest BCUT2D eigenvalue weighted by Gasteiger charge is 2.09. The van der Waals surface area contributed by atoms with Gasteiger partial charge in [0.2, 0.25) is 5.82 Å². The molecule has 0 fully saturated rings. The molecule has 0 spiro atoms. The van der Waals surface area contributed by atoms with Crippen molar-refractivity contribution < 1.29 is 14.2 Å².